The molecule has 1 unspecified atom stereocenters. The van der Waals surface area contributed by atoms with Crippen molar-refractivity contribution in [2.45, 2.75) is 6.42 Å². The number of benzene rings is 1. The van der Waals surface area contributed by atoms with E-state index in [2.05, 4.69) is 4.72 Å². The number of halogens is 1. The topological polar surface area (TPSA) is 75.3 Å². The van der Waals surface area contributed by atoms with Crippen molar-refractivity contribution in [1.82, 2.24) is 4.72 Å². The summed E-state index contributed by atoms with van der Waals surface area (Å²) in [4.78, 5) is 0. The van der Waals surface area contributed by atoms with E-state index in [0.717, 1.165) is 0 Å². The van der Waals surface area contributed by atoms with Crippen LogP contribution in [0.2, 0.25) is 0 Å². The van der Waals surface area contributed by atoms with Gasteiger partial charge in [0.2, 0.25) is 11.3 Å². The third kappa shape index (κ3) is 3.41. The zero-order valence-electron chi connectivity index (χ0n) is 7.37. The lowest BCUT2D eigenvalue weighted by molar-refractivity contribution is 0.547. The predicted octanol–water partition coefficient (Wildman–Crippen LogP) is 0.677. The molecule has 0 saturated carbocycles. The summed E-state index contributed by atoms with van der Waals surface area (Å²) in [6.45, 7) is 0.240. The van der Waals surface area contributed by atoms with E-state index in [-0.39, 0.29) is 6.54 Å². The molecule has 0 saturated heterocycles. The first kappa shape index (κ1) is 11.1. The van der Waals surface area contributed by atoms with Crippen LogP contribution in [0.4, 0.5) is 10.1 Å². The molecule has 1 atom stereocenters. The Morgan fingerprint density at radius 2 is 2.29 bits per heavy atom. The number of hydrogen-bond donors (Lipinski definition) is 3. The summed E-state index contributed by atoms with van der Waals surface area (Å²) in [6, 6.07) is 4.38. The van der Waals surface area contributed by atoms with Crippen molar-refractivity contribution in [2.75, 3.05) is 12.3 Å². The number of nitrogens with one attached hydrogen (secondary N) is 1. The van der Waals surface area contributed by atoms with Crippen molar-refractivity contribution in [3.63, 3.8) is 0 Å². The highest BCUT2D eigenvalue weighted by molar-refractivity contribution is 7.77. The minimum absolute atomic E-state index is 0.240. The van der Waals surface area contributed by atoms with Crippen molar-refractivity contribution in [3.8, 4) is 0 Å². The Balaban J connectivity index is 2.55. The lowest BCUT2D eigenvalue weighted by atomic mass is 10.1. The molecule has 1 rings (SSSR count). The molecular weight excluding hydrogens is 207 g/mol. The Labute approximate surface area is 83.7 Å². The van der Waals surface area contributed by atoms with Crippen LogP contribution in [0.25, 0.3) is 0 Å². The Morgan fingerprint density at radius 3 is 2.86 bits per heavy atom. The van der Waals surface area contributed by atoms with Crippen molar-refractivity contribution < 1.29 is 13.2 Å². The second-order valence-electron chi connectivity index (χ2n) is 2.74. The summed E-state index contributed by atoms with van der Waals surface area (Å²) in [6.07, 6.45) is 0.346. The van der Waals surface area contributed by atoms with Crippen LogP contribution < -0.4 is 10.5 Å². The average Bonchev–Trinajstić information content (AvgIpc) is 2.08. The third-order valence-corrected chi connectivity index (χ3v) is 2.15. The van der Waals surface area contributed by atoms with Crippen LogP contribution in [0.3, 0.4) is 0 Å². The quantitative estimate of drug-likeness (QED) is 0.513. The first-order chi connectivity index (χ1) is 6.59. The van der Waals surface area contributed by atoms with Crippen molar-refractivity contribution in [1.29, 1.82) is 0 Å². The molecule has 0 fully saturated rings. The van der Waals surface area contributed by atoms with Gasteiger partial charge in [-0.1, -0.05) is 6.07 Å². The van der Waals surface area contributed by atoms with E-state index in [4.69, 9.17) is 10.3 Å². The molecule has 4 N–H and O–H groups in total. The first-order valence-corrected chi connectivity index (χ1v) is 5.08. The molecular formula is C8H11FN2O2S. The maximum Gasteiger partial charge on any atom is 0.231 e. The number of nitrogen functional groups attached to an aromatic ring is 1. The molecule has 1 aromatic rings. The van der Waals surface area contributed by atoms with Gasteiger partial charge < -0.3 is 5.73 Å². The molecule has 0 spiro atoms. The monoisotopic (exact) mass is 218 g/mol. The van der Waals surface area contributed by atoms with Crippen LogP contribution in [0.1, 0.15) is 5.56 Å². The molecule has 6 heteroatoms. The van der Waals surface area contributed by atoms with Crippen LogP contribution >= 0.6 is 0 Å². The smallest absolute Gasteiger partial charge is 0.231 e. The highest BCUT2D eigenvalue weighted by Crippen LogP contribution is 2.11. The second kappa shape index (κ2) is 5.04. The Morgan fingerprint density at radius 1 is 1.57 bits per heavy atom. The van der Waals surface area contributed by atoms with Crippen molar-refractivity contribution >= 4 is 17.0 Å². The zero-order chi connectivity index (χ0) is 10.6. The van der Waals surface area contributed by atoms with E-state index in [1.54, 1.807) is 12.1 Å². The van der Waals surface area contributed by atoms with E-state index in [0.29, 0.717) is 17.7 Å². The average molecular weight is 218 g/mol. The van der Waals surface area contributed by atoms with Crippen LogP contribution in [-0.4, -0.2) is 15.3 Å². The van der Waals surface area contributed by atoms with E-state index in [9.17, 15) is 8.60 Å². The second-order valence-corrected chi connectivity index (χ2v) is 3.53. The molecule has 0 bridgehead atoms. The summed E-state index contributed by atoms with van der Waals surface area (Å²) in [5.41, 5.74) is 6.20. The number of hydrogen-bond acceptors (Lipinski definition) is 2. The largest absolute Gasteiger partial charge is 0.399 e. The molecule has 0 aromatic heterocycles. The van der Waals surface area contributed by atoms with Gasteiger partial charge in [-0.05, 0) is 24.1 Å². The van der Waals surface area contributed by atoms with E-state index in [1.807, 2.05) is 0 Å². The number of anilines is 1. The minimum Gasteiger partial charge on any atom is -0.399 e. The van der Waals surface area contributed by atoms with Gasteiger partial charge in [0.05, 0.1) is 0 Å². The molecule has 1 aromatic carbocycles. The molecule has 78 valence electrons. The molecule has 4 nitrogen and oxygen atoms in total. The SMILES string of the molecule is Nc1ccc(CCNS(=O)O)c(F)c1. The standard InChI is InChI=1S/C8H11FN2O2S/c9-8-5-7(10)2-1-6(8)3-4-11-14(12)13/h1-2,5,11H,3-4,10H2,(H,12,13). The molecule has 0 radical (unpaired) electrons. The fourth-order valence-corrected chi connectivity index (χ4v) is 1.32. The van der Waals surface area contributed by atoms with Gasteiger partial charge in [0.1, 0.15) is 5.82 Å². The van der Waals surface area contributed by atoms with Crippen LogP contribution in [0.15, 0.2) is 18.2 Å². The highest BCUT2D eigenvalue weighted by atomic mass is 32.2. The fraction of sp³-hybridized carbons (Fsp3) is 0.250. The van der Waals surface area contributed by atoms with Gasteiger partial charge in [-0.2, -0.15) is 0 Å². The summed E-state index contributed by atoms with van der Waals surface area (Å²) < 4.78 is 34.0. The van der Waals surface area contributed by atoms with Crippen LogP contribution in [-0.2, 0) is 17.7 Å². The third-order valence-electron chi connectivity index (χ3n) is 1.70. The van der Waals surface area contributed by atoms with E-state index in [1.165, 1.54) is 6.07 Å². The van der Waals surface area contributed by atoms with Crippen LogP contribution in [0.5, 0.6) is 0 Å². The maximum absolute atomic E-state index is 13.1. The Kier molecular flexibility index (Phi) is 3.99. The molecule has 14 heavy (non-hydrogen) atoms. The van der Waals surface area contributed by atoms with Crippen molar-refractivity contribution in [2.24, 2.45) is 0 Å². The summed E-state index contributed by atoms with van der Waals surface area (Å²) in [5, 5.41) is 0. The van der Waals surface area contributed by atoms with Gasteiger partial charge in [0.15, 0.2) is 0 Å². The highest BCUT2D eigenvalue weighted by Gasteiger charge is 2.02. The summed E-state index contributed by atoms with van der Waals surface area (Å²) in [5.74, 6) is -0.393. The van der Waals surface area contributed by atoms with E-state index < -0.39 is 17.1 Å². The molecule has 0 amide bonds. The fourth-order valence-electron chi connectivity index (χ4n) is 1.04. The maximum atomic E-state index is 13.1. The molecule has 0 aliphatic rings. The Bertz CT molecular complexity index is 346. The molecule has 0 aliphatic carbocycles. The lowest BCUT2D eigenvalue weighted by Gasteiger charge is -2.03. The summed E-state index contributed by atoms with van der Waals surface area (Å²) in [7, 11) is 0. The van der Waals surface area contributed by atoms with E-state index >= 15 is 0 Å². The first-order valence-electron chi connectivity index (χ1n) is 3.98. The number of nitrogens with two attached hydrogens (primary N) is 1. The molecule has 0 heterocycles. The van der Waals surface area contributed by atoms with Gasteiger partial charge in [-0.15, -0.1) is 0 Å². The van der Waals surface area contributed by atoms with Gasteiger partial charge in [-0.3, -0.25) is 4.55 Å². The van der Waals surface area contributed by atoms with Gasteiger partial charge in [-0.25, -0.2) is 13.3 Å². The minimum atomic E-state index is -2.05. The van der Waals surface area contributed by atoms with Crippen LogP contribution in [0, 0.1) is 5.82 Å². The zero-order valence-corrected chi connectivity index (χ0v) is 8.18. The summed E-state index contributed by atoms with van der Waals surface area (Å²) >= 11 is -2.05. The predicted molar refractivity (Wildman–Crippen MR) is 53.3 cm³/mol. The normalized spacial score (nSPS) is 12.7. The Hall–Kier alpha value is -0.980. The van der Waals surface area contributed by atoms with Gasteiger partial charge in [0.25, 0.3) is 0 Å². The van der Waals surface area contributed by atoms with Gasteiger partial charge in [0, 0.05) is 12.2 Å². The van der Waals surface area contributed by atoms with Crippen molar-refractivity contribution in [3.05, 3.63) is 29.6 Å². The van der Waals surface area contributed by atoms with Gasteiger partial charge >= 0.3 is 0 Å². The lowest BCUT2D eigenvalue weighted by Crippen LogP contribution is -2.19. The number of rotatable bonds is 4. The molecule has 0 aliphatic heterocycles.